The zero-order valence-electron chi connectivity index (χ0n) is 13.0. The maximum Gasteiger partial charge on any atom is 0.123 e. The molecular weight excluding hydrogens is 265 g/mol. The molecule has 0 aliphatic heterocycles. The van der Waals surface area contributed by atoms with Crippen molar-refractivity contribution in [2.75, 3.05) is 13.7 Å². The predicted molar refractivity (Wildman–Crippen MR) is 84.4 cm³/mol. The number of halogens is 1. The number of nitrogens with one attached hydrogen (secondary N) is 1. The lowest BCUT2D eigenvalue weighted by Gasteiger charge is -2.22. The molecule has 21 heavy (non-hydrogen) atoms. The first-order valence-electron chi connectivity index (χ1n) is 7.23. The summed E-state index contributed by atoms with van der Waals surface area (Å²) >= 11 is 0. The Balaban J connectivity index is 2.40. The first-order chi connectivity index (χ1) is 10.1. The van der Waals surface area contributed by atoms with E-state index >= 15 is 0 Å². The molecular formula is C18H22FNO. The van der Waals surface area contributed by atoms with Crippen LogP contribution in [0, 0.1) is 19.7 Å². The third-order valence-corrected chi connectivity index (χ3v) is 3.66. The molecule has 0 bridgehead atoms. The quantitative estimate of drug-likeness (QED) is 0.892. The van der Waals surface area contributed by atoms with Gasteiger partial charge in [-0.1, -0.05) is 12.1 Å². The van der Waals surface area contributed by atoms with E-state index in [1.807, 2.05) is 52.1 Å². The Morgan fingerprint density at radius 3 is 2.14 bits per heavy atom. The van der Waals surface area contributed by atoms with Gasteiger partial charge in [0.1, 0.15) is 11.6 Å². The van der Waals surface area contributed by atoms with E-state index < -0.39 is 0 Å². The smallest absolute Gasteiger partial charge is 0.123 e. The van der Waals surface area contributed by atoms with Crippen LogP contribution in [0.2, 0.25) is 0 Å². The molecule has 0 amide bonds. The van der Waals surface area contributed by atoms with E-state index in [4.69, 9.17) is 4.74 Å². The number of hydrogen-bond donors (Lipinski definition) is 1. The van der Waals surface area contributed by atoms with Crippen LogP contribution in [0.1, 0.15) is 35.2 Å². The lowest BCUT2D eigenvalue weighted by Crippen LogP contribution is -2.20. The molecule has 0 saturated carbocycles. The second kappa shape index (κ2) is 6.72. The van der Waals surface area contributed by atoms with Crippen LogP contribution < -0.4 is 10.1 Å². The zero-order chi connectivity index (χ0) is 15.4. The van der Waals surface area contributed by atoms with Crippen LogP contribution in [0.15, 0.2) is 36.4 Å². The average Bonchev–Trinajstić information content (AvgIpc) is 2.44. The standard InChI is InChI=1S/C18H22FNO/c1-5-21-16-8-6-14(7-9-16)18(20-4)17-12(2)10-15(19)11-13(17)3/h6-11,18,20H,5H2,1-4H3. The average molecular weight is 287 g/mol. The van der Waals surface area contributed by atoms with Crippen molar-refractivity contribution in [2.24, 2.45) is 0 Å². The van der Waals surface area contributed by atoms with Gasteiger partial charge in [-0.2, -0.15) is 0 Å². The van der Waals surface area contributed by atoms with Gasteiger partial charge >= 0.3 is 0 Å². The van der Waals surface area contributed by atoms with Crippen molar-refractivity contribution in [1.82, 2.24) is 5.32 Å². The van der Waals surface area contributed by atoms with Gasteiger partial charge in [0.15, 0.2) is 0 Å². The molecule has 112 valence electrons. The zero-order valence-corrected chi connectivity index (χ0v) is 13.0. The topological polar surface area (TPSA) is 21.3 Å². The first kappa shape index (κ1) is 15.5. The molecule has 0 aromatic heterocycles. The predicted octanol–water partition coefficient (Wildman–Crippen LogP) is 4.15. The molecule has 0 fully saturated rings. The highest BCUT2D eigenvalue weighted by atomic mass is 19.1. The number of rotatable bonds is 5. The summed E-state index contributed by atoms with van der Waals surface area (Å²) in [6, 6.07) is 11.3. The van der Waals surface area contributed by atoms with Crippen molar-refractivity contribution >= 4 is 0 Å². The van der Waals surface area contributed by atoms with Gasteiger partial charge < -0.3 is 10.1 Å². The molecule has 0 radical (unpaired) electrons. The highest BCUT2D eigenvalue weighted by Crippen LogP contribution is 2.29. The Morgan fingerprint density at radius 1 is 1.10 bits per heavy atom. The van der Waals surface area contributed by atoms with Gasteiger partial charge in [-0.3, -0.25) is 0 Å². The molecule has 2 aromatic carbocycles. The van der Waals surface area contributed by atoms with Crippen molar-refractivity contribution in [3.8, 4) is 5.75 Å². The van der Waals surface area contributed by atoms with E-state index in [1.54, 1.807) is 12.1 Å². The van der Waals surface area contributed by atoms with Crippen LogP contribution in [-0.2, 0) is 0 Å². The normalized spacial score (nSPS) is 12.2. The highest BCUT2D eigenvalue weighted by Gasteiger charge is 2.17. The van der Waals surface area contributed by atoms with E-state index in [-0.39, 0.29) is 11.9 Å². The van der Waals surface area contributed by atoms with Crippen LogP contribution in [0.3, 0.4) is 0 Å². The summed E-state index contributed by atoms with van der Waals surface area (Å²) in [5.41, 5.74) is 4.18. The summed E-state index contributed by atoms with van der Waals surface area (Å²) in [4.78, 5) is 0. The number of aryl methyl sites for hydroxylation is 2. The first-order valence-corrected chi connectivity index (χ1v) is 7.23. The molecule has 3 heteroatoms. The number of ether oxygens (including phenoxy) is 1. The minimum absolute atomic E-state index is 0.0428. The van der Waals surface area contributed by atoms with Crippen molar-refractivity contribution in [3.63, 3.8) is 0 Å². The minimum Gasteiger partial charge on any atom is -0.494 e. The fraction of sp³-hybridized carbons (Fsp3) is 0.333. The lowest BCUT2D eigenvalue weighted by atomic mass is 9.91. The van der Waals surface area contributed by atoms with Gasteiger partial charge in [-0.15, -0.1) is 0 Å². The Kier molecular flexibility index (Phi) is 4.97. The van der Waals surface area contributed by atoms with Crippen molar-refractivity contribution in [3.05, 3.63) is 64.5 Å². The molecule has 0 spiro atoms. The summed E-state index contributed by atoms with van der Waals surface area (Å²) in [6.07, 6.45) is 0. The molecule has 0 heterocycles. The molecule has 1 N–H and O–H groups in total. The van der Waals surface area contributed by atoms with Crippen molar-refractivity contribution in [2.45, 2.75) is 26.8 Å². The van der Waals surface area contributed by atoms with Crippen LogP contribution in [0.25, 0.3) is 0 Å². The Labute approximate surface area is 126 Å². The van der Waals surface area contributed by atoms with Gasteiger partial charge in [-0.05, 0) is 74.3 Å². The summed E-state index contributed by atoms with van der Waals surface area (Å²) < 4.78 is 19.0. The Hall–Kier alpha value is -1.87. The number of benzene rings is 2. The fourth-order valence-electron chi connectivity index (χ4n) is 2.78. The third-order valence-electron chi connectivity index (χ3n) is 3.66. The van der Waals surface area contributed by atoms with E-state index in [0.717, 1.165) is 28.0 Å². The largest absolute Gasteiger partial charge is 0.494 e. The second-order valence-electron chi connectivity index (χ2n) is 5.18. The summed E-state index contributed by atoms with van der Waals surface area (Å²) in [5, 5.41) is 3.32. The molecule has 2 aromatic rings. The van der Waals surface area contributed by atoms with E-state index in [1.165, 1.54) is 0 Å². The fourth-order valence-corrected chi connectivity index (χ4v) is 2.78. The van der Waals surface area contributed by atoms with Gasteiger partial charge in [0.2, 0.25) is 0 Å². The molecule has 0 aliphatic rings. The molecule has 0 aliphatic carbocycles. The molecule has 0 saturated heterocycles. The van der Waals surface area contributed by atoms with Gasteiger partial charge in [-0.25, -0.2) is 4.39 Å². The summed E-state index contributed by atoms with van der Waals surface area (Å²) in [7, 11) is 1.92. The third kappa shape index (κ3) is 3.42. The van der Waals surface area contributed by atoms with Crippen LogP contribution in [0.5, 0.6) is 5.75 Å². The maximum atomic E-state index is 13.5. The Morgan fingerprint density at radius 2 is 1.67 bits per heavy atom. The minimum atomic E-state index is -0.185. The molecule has 2 rings (SSSR count). The second-order valence-corrected chi connectivity index (χ2v) is 5.18. The van der Waals surface area contributed by atoms with Crippen LogP contribution in [0.4, 0.5) is 4.39 Å². The van der Waals surface area contributed by atoms with Crippen molar-refractivity contribution < 1.29 is 9.13 Å². The summed E-state index contributed by atoms with van der Waals surface area (Å²) in [5.74, 6) is 0.680. The van der Waals surface area contributed by atoms with Crippen molar-refractivity contribution in [1.29, 1.82) is 0 Å². The molecule has 1 atom stereocenters. The van der Waals surface area contributed by atoms with Gasteiger partial charge in [0.05, 0.1) is 12.6 Å². The van der Waals surface area contributed by atoms with Crippen LogP contribution >= 0.6 is 0 Å². The van der Waals surface area contributed by atoms with E-state index in [9.17, 15) is 4.39 Å². The van der Waals surface area contributed by atoms with E-state index in [0.29, 0.717) is 6.61 Å². The summed E-state index contributed by atoms with van der Waals surface area (Å²) in [6.45, 7) is 6.52. The maximum absolute atomic E-state index is 13.5. The van der Waals surface area contributed by atoms with Gasteiger partial charge in [0, 0.05) is 0 Å². The molecule has 1 unspecified atom stereocenters. The SMILES string of the molecule is CCOc1ccc(C(NC)c2c(C)cc(F)cc2C)cc1. The van der Waals surface area contributed by atoms with Crippen LogP contribution in [-0.4, -0.2) is 13.7 Å². The molecule has 2 nitrogen and oxygen atoms in total. The monoisotopic (exact) mass is 287 g/mol. The number of hydrogen-bond acceptors (Lipinski definition) is 2. The highest BCUT2D eigenvalue weighted by molar-refractivity contribution is 5.43. The van der Waals surface area contributed by atoms with Gasteiger partial charge in [0.25, 0.3) is 0 Å². The lowest BCUT2D eigenvalue weighted by molar-refractivity contribution is 0.340. The van der Waals surface area contributed by atoms with E-state index in [2.05, 4.69) is 5.32 Å². The Bertz CT molecular complexity index is 584.